The van der Waals surface area contributed by atoms with Crippen molar-refractivity contribution in [3.05, 3.63) is 105 Å². The van der Waals surface area contributed by atoms with Gasteiger partial charge in [-0.3, -0.25) is 14.5 Å². The summed E-state index contributed by atoms with van der Waals surface area (Å²) in [5.41, 5.74) is 1.30. The summed E-state index contributed by atoms with van der Waals surface area (Å²) in [5.74, 6) is -0.260. The number of rotatable bonds is 4. The lowest BCUT2D eigenvalue weighted by atomic mass is 9.98. The molecule has 0 radical (unpaired) electrons. The smallest absolute Gasteiger partial charge is 0.295 e. The first-order valence-electron chi connectivity index (χ1n) is 10.1. The van der Waals surface area contributed by atoms with E-state index in [1.54, 1.807) is 36.4 Å². The van der Waals surface area contributed by atoms with Crippen LogP contribution in [-0.2, 0) is 0 Å². The van der Waals surface area contributed by atoms with Crippen molar-refractivity contribution in [2.75, 3.05) is 11.5 Å². The molecule has 2 heterocycles. The Morgan fingerprint density at radius 2 is 1.75 bits per heavy atom. The fourth-order valence-corrected chi connectivity index (χ4v) is 4.21. The zero-order valence-corrected chi connectivity index (χ0v) is 17.7. The molecule has 160 valence electrons. The maximum Gasteiger partial charge on any atom is 0.295 e. The molecule has 3 aromatic carbocycles. The lowest BCUT2D eigenvalue weighted by molar-refractivity contribution is 0.0971. The second kappa shape index (κ2) is 7.80. The molecular weight excluding hydrogens is 433 g/mol. The minimum absolute atomic E-state index is 0.0342. The Kier molecular flexibility index (Phi) is 4.94. The normalized spacial score (nSPS) is 15.3. The molecule has 1 aromatic heterocycles. The van der Waals surface area contributed by atoms with Gasteiger partial charge < -0.3 is 9.15 Å². The van der Waals surface area contributed by atoms with E-state index in [9.17, 15) is 14.0 Å². The van der Waals surface area contributed by atoms with E-state index in [2.05, 4.69) is 0 Å². The summed E-state index contributed by atoms with van der Waals surface area (Å²) in [6.07, 6.45) is 0. The monoisotopic (exact) mass is 449 g/mol. The van der Waals surface area contributed by atoms with Gasteiger partial charge in [-0.25, -0.2) is 4.39 Å². The summed E-state index contributed by atoms with van der Waals surface area (Å²) >= 11 is 6.10. The average Bonchev–Trinajstić information content (AvgIpc) is 3.08. The molecule has 5 rings (SSSR count). The van der Waals surface area contributed by atoms with Crippen molar-refractivity contribution in [3.8, 4) is 5.75 Å². The summed E-state index contributed by atoms with van der Waals surface area (Å²) < 4.78 is 25.0. The van der Waals surface area contributed by atoms with Crippen molar-refractivity contribution < 1.29 is 18.3 Å². The molecule has 0 fully saturated rings. The topological polar surface area (TPSA) is 59.8 Å². The van der Waals surface area contributed by atoms with E-state index in [0.29, 0.717) is 34.0 Å². The molecule has 1 unspecified atom stereocenters. The van der Waals surface area contributed by atoms with Crippen molar-refractivity contribution >= 4 is 34.2 Å². The van der Waals surface area contributed by atoms with Crippen LogP contribution in [0.25, 0.3) is 11.0 Å². The first-order chi connectivity index (χ1) is 15.5. The fraction of sp³-hybridized carbons (Fsp3) is 0.120. The number of nitrogens with zero attached hydrogens (tertiary/aromatic N) is 1. The second-order valence-electron chi connectivity index (χ2n) is 7.37. The highest BCUT2D eigenvalue weighted by Crippen LogP contribution is 2.41. The van der Waals surface area contributed by atoms with Crippen molar-refractivity contribution in [2.45, 2.75) is 13.0 Å². The number of anilines is 1. The summed E-state index contributed by atoms with van der Waals surface area (Å²) in [7, 11) is 0. The van der Waals surface area contributed by atoms with E-state index in [1.165, 1.54) is 35.2 Å². The van der Waals surface area contributed by atoms with Crippen LogP contribution < -0.4 is 15.1 Å². The third-order valence-electron chi connectivity index (χ3n) is 5.44. The Hall–Kier alpha value is -3.64. The molecular formula is C25H17ClFNO4. The van der Waals surface area contributed by atoms with Crippen LogP contribution in [0.1, 0.15) is 34.6 Å². The van der Waals surface area contributed by atoms with Crippen LogP contribution in [0, 0.1) is 5.82 Å². The molecule has 1 amide bonds. The molecule has 5 nitrogen and oxygen atoms in total. The number of ether oxygens (including phenoxy) is 1. The van der Waals surface area contributed by atoms with E-state index in [-0.39, 0.29) is 22.3 Å². The van der Waals surface area contributed by atoms with E-state index < -0.39 is 17.8 Å². The Labute approximate surface area is 187 Å². The number of benzene rings is 3. The summed E-state index contributed by atoms with van der Waals surface area (Å²) in [4.78, 5) is 28.4. The minimum Gasteiger partial charge on any atom is -0.494 e. The predicted molar refractivity (Wildman–Crippen MR) is 120 cm³/mol. The minimum atomic E-state index is -0.752. The van der Waals surface area contributed by atoms with E-state index in [0.717, 1.165) is 0 Å². The number of amides is 1. The van der Waals surface area contributed by atoms with Crippen LogP contribution in [0.15, 0.2) is 75.9 Å². The molecule has 1 atom stereocenters. The molecule has 0 saturated carbocycles. The lowest BCUT2D eigenvalue weighted by Gasteiger charge is -2.25. The molecule has 0 spiro atoms. The number of carbonyl (C=O) groups is 1. The van der Waals surface area contributed by atoms with Crippen LogP contribution in [-0.4, -0.2) is 12.5 Å². The van der Waals surface area contributed by atoms with Gasteiger partial charge in [0, 0.05) is 10.7 Å². The third-order valence-corrected chi connectivity index (χ3v) is 5.68. The van der Waals surface area contributed by atoms with Gasteiger partial charge in [-0.2, -0.15) is 0 Å². The van der Waals surface area contributed by atoms with Gasteiger partial charge >= 0.3 is 0 Å². The standard InChI is InChI=1S/C25H17ClFNO4/c1-2-31-18-10-3-14(4-11-18)22-21-23(29)19-13-15(26)5-12-20(19)32-24(21)25(30)28(22)17-8-6-16(27)7-9-17/h3-13,22H,2H2,1H3. The van der Waals surface area contributed by atoms with Crippen LogP contribution in [0.4, 0.5) is 10.1 Å². The van der Waals surface area contributed by atoms with Gasteiger partial charge in [0.15, 0.2) is 5.43 Å². The van der Waals surface area contributed by atoms with Crippen LogP contribution >= 0.6 is 11.6 Å². The van der Waals surface area contributed by atoms with Crippen LogP contribution in [0.2, 0.25) is 5.02 Å². The number of hydrogen-bond donors (Lipinski definition) is 0. The van der Waals surface area contributed by atoms with Gasteiger partial charge in [0.2, 0.25) is 5.76 Å². The van der Waals surface area contributed by atoms with E-state index in [4.69, 9.17) is 20.8 Å². The van der Waals surface area contributed by atoms with Crippen molar-refractivity contribution in [3.63, 3.8) is 0 Å². The van der Waals surface area contributed by atoms with Gasteiger partial charge in [0.1, 0.15) is 17.1 Å². The Morgan fingerprint density at radius 3 is 2.44 bits per heavy atom. The maximum absolute atomic E-state index is 13.6. The Balaban J connectivity index is 1.76. The van der Waals surface area contributed by atoms with Gasteiger partial charge in [0.05, 0.1) is 23.6 Å². The number of fused-ring (bicyclic) bond motifs is 2. The van der Waals surface area contributed by atoms with Crippen molar-refractivity contribution in [2.24, 2.45) is 0 Å². The third kappa shape index (κ3) is 3.24. The van der Waals surface area contributed by atoms with Gasteiger partial charge in [-0.1, -0.05) is 23.7 Å². The molecule has 1 aliphatic rings. The van der Waals surface area contributed by atoms with Crippen LogP contribution in [0.3, 0.4) is 0 Å². The highest BCUT2D eigenvalue weighted by Gasteiger charge is 2.43. The highest BCUT2D eigenvalue weighted by molar-refractivity contribution is 6.31. The number of hydrogen-bond acceptors (Lipinski definition) is 4. The molecule has 1 aliphatic heterocycles. The number of carbonyl (C=O) groups excluding carboxylic acids is 1. The zero-order valence-electron chi connectivity index (χ0n) is 17.0. The Bertz CT molecular complexity index is 1400. The predicted octanol–water partition coefficient (Wildman–Crippen LogP) is 5.73. The second-order valence-corrected chi connectivity index (χ2v) is 7.81. The van der Waals surface area contributed by atoms with Gasteiger partial charge in [0.25, 0.3) is 5.91 Å². The maximum atomic E-state index is 13.6. The number of halogens is 2. The van der Waals surface area contributed by atoms with Crippen molar-refractivity contribution in [1.29, 1.82) is 0 Å². The average molecular weight is 450 g/mol. The fourth-order valence-electron chi connectivity index (χ4n) is 4.04. The molecule has 4 aromatic rings. The molecule has 0 bridgehead atoms. The first-order valence-corrected chi connectivity index (χ1v) is 10.4. The van der Waals surface area contributed by atoms with Crippen LogP contribution in [0.5, 0.6) is 5.75 Å². The van der Waals surface area contributed by atoms with E-state index in [1.807, 2.05) is 6.92 Å². The quantitative estimate of drug-likeness (QED) is 0.399. The summed E-state index contributed by atoms with van der Waals surface area (Å²) in [5, 5.41) is 0.683. The lowest BCUT2D eigenvalue weighted by Crippen LogP contribution is -2.29. The summed E-state index contributed by atoms with van der Waals surface area (Å²) in [6, 6.07) is 16.7. The molecule has 0 N–H and O–H groups in total. The largest absolute Gasteiger partial charge is 0.494 e. The van der Waals surface area contributed by atoms with Gasteiger partial charge in [-0.05, 0) is 67.1 Å². The van der Waals surface area contributed by atoms with E-state index >= 15 is 0 Å². The highest BCUT2D eigenvalue weighted by atomic mass is 35.5. The molecule has 32 heavy (non-hydrogen) atoms. The summed E-state index contributed by atoms with van der Waals surface area (Å²) in [6.45, 7) is 2.40. The zero-order chi connectivity index (χ0) is 22.4. The Morgan fingerprint density at radius 1 is 1.03 bits per heavy atom. The van der Waals surface area contributed by atoms with Gasteiger partial charge in [-0.15, -0.1) is 0 Å². The van der Waals surface area contributed by atoms with Crippen molar-refractivity contribution in [1.82, 2.24) is 0 Å². The SMILES string of the molecule is CCOc1ccc(C2c3c(oc4ccc(Cl)cc4c3=O)C(=O)N2c2ccc(F)cc2)cc1. The molecule has 7 heteroatoms. The molecule has 0 aliphatic carbocycles. The molecule has 0 saturated heterocycles. The first kappa shape index (κ1) is 20.3.